The number of nitrogens with zero attached hydrogens (tertiary/aromatic N) is 1. The molecule has 0 unspecified atom stereocenters. The minimum Gasteiger partial charge on any atom is -0.255 e. The molecular formula is C16H19NS. The number of rotatable bonds is 0. The van der Waals surface area contributed by atoms with Crippen LogP contribution in [0.15, 0.2) is 34.2 Å². The van der Waals surface area contributed by atoms with Crippen LogP contribution in [0.4, 0.5) is 5.69 Å². The lowest BCUT2D eigenvalue weighted by atomic mass is 9.71. The van der Waals surface area contributed by atoms with Gasteiger partial charge in [0.05, 0.1) is 10.9 Å². The van der Waals surface area contributed by atoms with Crippen molar-refractivity contribution in [3.8, 4) is 0 Å². The summed E-state index contributed by atoms with van der Waals surface area (Å²) in [4.78, 5) is 6.40. The molecule has 3 atom stereocenters. The van der Waals surface area contributed by atoms with E-state index in [0.717, 1.165) is 0 Å². The second kappa shape index (κ2) is 3.22. The standard InChI is InChI=1S/C16H19NS/c1-15(2)10-8-9-16(15,3)14-13(10)17-11-6-4-5-7-12(11)18-14/h4-7,10,14H,8-9H2,1-3H3/t10-,14+,16-/m0/s1. The summed E-state index contributed by atoms with van der Waals surface area (Å²) < 4.78 is 0. The number of benzene rings is 1. The Hall–Kier alpha value is -0.760. The van der Waals surface area contributed by atoms with E-state index in [0.29, 0.717) is 22.0 Å². The average Bonchev–Trinajstić information content (AvgIpc) is 2.68. The van der Waals surface area contributed by atoms with E-state index in [9.17, 15) is 0 Å². The third-order valence-electron chi connectivity index (χ3n) is 5.86. The van der Waals surface area contributed by atoms with Gasteiger partial charge < -0.3 is 0 Å². The fourth-order valence-corrected chi connectivity index (χ4v) is 5.93. The van der Waals surface area contributed by atoms with Gasteiger partial charge in [0, 0.05) is 16.5 Å². The Morgan fingerprint density at radius 1 is 1.22 bits per heavy atom. The van der Waals surface area contributed by atoms with Crippen molar-refractivity contribution < 1.29 is 0 Å². The number of hydrogen-bond donors (Lipinski definition) is 0. The van der Waals surface area contributed by atoms with Crippen LogP contribution in [0.2, 0.25) is 0 Å². The Morgan fingerprint density at radius 2 is 2.00 bits per heavy atom. The quantitative estimate of drug-likeness (QED) is 0.657. The van der Waals surface area contributed by atoms with Gasteiger partial charge in [-0.15, -0.1) is 11.8 Å². The first kappa shape index (κ1) is 11.1. The van der Waals surface area contributed by atoms with E-state index in [2.05, 4.69) is 56.8 Å². The highest BCUT2D eigenvalue weighted by Crippen LogP contribution is 2.69. The molecule has 0 N–H and O–H groups in total. The molecule has 2 bridgehead atoms. The molecule has 1 aliphatic heterocycles. The summed E-state index contributed by atoms with van der Waals surface area (Å²) in [5.41, 5.74) is 3.51. The maximum Gasteiger partial charge on any atom is 0.0765 e. The predicted octanol–water partition coefficient (Wildman–Crippen LogP) is 4.69. The minimum atomic E-state index is 0.408. The highest BCUT2D eigenvalue weighted by Gasteiger charge is 2.65. The van der Waals surface area contributed by atoms with Crippen LogP contribution in [0.5, 0.6) is 0 Å². The molecule has 1 aromatic rings. The lowest BCUT2D eigenvalue weighted by Gasteiger charge is -2.39. The number of para-hydroxylation sites is 1. The zero-order chi connectivity index (χ0) is 12.5. The van der Waals surface area contributed by atoms with Crippen molar-refractivity contribution in [2.75, 3.05) is 0 Å². The molecule has 0 aromatic heterocycles. The van der Waals surface area contributed by atoms with Crippen LogP contribution in [0, 0.1) is 16.7 Å². The van der Waals surface area contributed by atoms with Gasteiger partial charge >= 0.3 is 0 Å². The molecule has 4 rings (SSSR count). The summed E-state index contributed by atoms with van der Waals surface area (Å²) in [6, 6.07) is 8.62. The SMILES string of the molecule is CC1(C)[C@H]2CC[C@@]1(C)[C@@H]1Sc3ccccc3N=C12. The summed E-state index contributed by atoms with van der Waals surface area (Å²) in [5, 5.41) is 0.612. The van der Waals surface area contributed by atoms with Crippen LogP contribution in [0.1, 0.15) is 33.6 Å². The topological polar surface area (TPSA) is 12.4 Å². The molecule has 2 saturated carbocycles. The van der Waals surface area contributed by atoms with Crippen LogP contribution in [0.3, 0.4) is 0 Å². The van der Waals surface area contributed by atoms with E-state index in [1.165, 1.54) is 29.1 Å². The Bertz CT molecular complexity index is 560. The van der Waals surface area contributed by atoms with E-state index < -0.39 is 0 Å². The van der Waals surface area contributed by atoms with Gasteiger partial charge in [-0.1, -0.05) is 32.9 Å². The molecule has 0 saturated heterocycles. The summed E-state index contributed by atoms with van der Waals surface area (Å²) in [7, 11) is 0. The number of fused-ring (bicyclic) bond motifs is 6. The molecule has 1 nitrogen and oxygen atoms in total. The zero-order valence-electron chi connectivity index (χ0n) is 11.2. The molecule has 2 aliphatic carbocycles. The van der Waals surface area contributed by atoms with Crippen molar-refractivity contribution in [1.82, 2.24) is 0 Å². The Labute approximate surface area is 113 Å². The van der Waals surface area contributed by atoms with Gasteiger partial charge in [0.15, 0.2) is 0 Å². The molecule has 18 heavy (non-hydrogen) atoms. The molecule has 0 radical (unpaired) electrons. The molecule has 1 aromatic carbocycles. The zero-order valence-corrected chi connectivity index (χ0v) is 12.1. The maximum absolute atomic E-state index is 5.03. The second-order valence-corrected chi connectivity index (χ2v) is 7.88. The largest absolute Gasteiger partial charge is 0.255 e. The van der Waals surface area contributed by atoms with Gasteiger partial charge in [0.1, 0.15) is 0 Å². The summed E-state index contributed by atoms with van der Waals surface area (Å²) in [6.45, 7) is 7.40. The van der Waals surface area contributed by atoms with Crippen LogP contribution >= 0.6 is 11.8 Å². The first-order valence-corrected chi connectivity index (χ1v) is 7.76. The fourth-order valence-electron chi connectivity index (χ4n) is 4.26. The monoisotopic (exact) mass is 257 g/mol. The van der Waals surface area contributed by atoms with Crippen molar-refractivity contribution in [2.45, 2.75) is 43.8 Å². The van der Waals surface area contributed by atoms with Gasteiger partial charge in [-0.3, -0.25) is 4.99 Å². The second-order valence-electron chi connectivity index (χ2n) is 6.73. The van der Waals surface area contributed by atoms with E-state index in [1.807, 2.05) is 0 Å². The Kier molecular flexibility index (Phi) is 1.98. The molecule has 2 heteroatoms. The van der Waals surface area contributed by atoms with Crippen LogP contribution in [-0.2, 0) is 0 Å². The van der Waals surface area contributed by atoms with Crippen molar-refractivity contribution >= 4 is 23.2 Å². The van der Waals surface area contributed by atoms with Gasteiger partial charge in [0.2, 0.25) is 0 Å². The lowest BCUT2D eigenvalue weighted by Crippen LogP contribution is -2.36. The van der Waals surface area contributed by atoms with Gasteiger partial charge in [0.25, 0.3) is 0 Å². The fraction of sp³-hybridized carbons (Fsp3) is 0.562. The van der Waals surface area contributed by atoms with Crippen LogP contribution in [0.25, 0.3) is 0 Å². The summed E-state index contributed by atoms with van der Waals surface area (Å²) >= 11 is 2.06. The number of thioether (sulfide) groups is 1. The summed E-state index contributed by atoms with van der Waals surface area (Å²) in [5.74, 6) is 0.702. The van der Waals surface area contributed by atoms with Crippen molar-refractivity contribution in [2.24, 2.45) is 21.7 Å². The number of aliphatic imine (C=N–C) groups is 1. The summed E-state index contributed by atoms with van der Waals surface area (Å²) in [6.07, 6.45) is 2.70. The van der Waals surface area contributed by atoms with E-state index >= 15 is 0 Å². The molecule has 3 aliphatic rings. The van der Waals surface area contributed by atoms with E-state index in [1.54, 1.807) is 0 Å². The smallest absolute Gasteiger partial charge is 0.0765 e. The van der Waals surface area contributed by atoms with Gasteiger partial charge in [-0.2, -0.15) is 0 Å². The molecular weight excluding hydrogens is 238 g/mol. The number of hydrogen-bond acceptors (Lipinski definition) is 2. The van der Waals surface area contributed by atoms with Crippen molar-refractivity contribution in [3.63, 3.8) is 0 Å². The minimum absolute atomic E-state index is 0.408. The Balaban J connectivity index is 1.90. The van der Waals surface area contributed by atoms with Crippen molar-refractivity contribution in [1.29, 1.82) is 0 Å². The average molecular weight is 257 g/mol. The predicted molar refractivity (Wildman–Crippen MR) is 77.8 cm³/mol. The molecule has 0 amide bonds. The highest BCUT2D eigenvalue weighted by atomic mass is 32.2. The molecule has 94 valence electrons. The Morgan fingerprint density at radius 3 is 2.83 bits per heavy atom. The van der Waals surface area contributed by atoms with Crippen LogP contribution in [-0.4, -0.2) is 11.0 Å². The molecule has 1 heterocycles. The normalized spacial score (nSPS) is 39.2. The van der Waals surface area contributed by atoms with Crippen molar-refractivity contribution in [3.05, 3.63) is 24.3 Å². The first-order chi connectivity index (χ1) is 8.54. The van der Waals surface area contributed by atoms with E-state index in [-0.39, 0.29) is 0 Å². The third-order valence-corrected chi connectivity index (χ3v) is 7.46. The third kappa shape index (κ3) is 1.09. The molecule has 2 fully saturated rings. The maximum atomic E-state index is 5.03. The molecule has 0 spiro atoms. The first-order valence-electron chi connectivity index (χ1n) is 6.88. The van der Waals surface area contributed by atoms with Gasteiger partial charge in [-0.25, -0.2) is 0 Å². The van der Waals surface area contributed by atoms with Gasteiger partial charge in [-0.05, 0) is 35.8 Å². The van der Waals surface area contributed by atoms with E-state index in [4.69, 9.17) is 4.99 Å². The van der Waals surface area contributed by atoms with Crippen LogP contribution < -0.4 is 0 Å². The highest BCUT2D eigenvalue weighted by molar-refractivity contribution is 8.01. The lowest BCUT2D eigenvalue weighted by molar-refractivity contribution is 0.157.